The van der Waals surface area contributed by atoms with Crippen LogP contribution in [-0.4, -0.2) is 23.6 Å². The molecule has 0 radical (unpaired) electrons. The molecule has 1 atom stereocenters. The highest BCUT2D eigenvalue weighted by Gasteiger charge is 2.19. The Kier molecular flexibility index (Phi) is 6.57. The van der Waals surface area contributed by atoms with Crippen LogP contribution in [0.1, 0.15) is 47.3 Å². The van der Waals surface area contributed by atoms with Crippen molar-refractivity contribution in [1.82, 2.24) is 5.32 Å². The van der Waals surface area contributed by atoms with Crippen molar-refractivity contribution < 1.29 is 19.4 Å². The molecule has 0 heterocycles. The predicted octanol–water partition coefficient (Wildman–Crippen LogP) is 3.73. The van der Waals surface area contributed by atoms with E-state index >= 15 is 0 Å². The highest BCUT2D eigenvalue weighted by atomic mass is 16.5. The van der Waals surface area contributed by atoms with Crippen LogP contribution in [0.4, 0.5) is 0 Å². The molecule has 0 spiro atoms. The maximum absolute atomic E-state index is 12.4. The Labute approximate surface area is 147 Å². The predicted molar refractivity (Wildman–Crippen MR) is 95.9 cm³/mol. The van der Waals surface area contributed by atoms with E-state index in [-0.39, 0.29) is 12.3 Å². The van der Waals surface area contributed by atoms with Crippen LogP contribution >= 0.6 is 0 Å². The molecule has 1 amide bonds. The van der Waals surface area contributed by atoms with Gasteiger partial charge >= 0.3 is 5.97 Å². The summed E-state index contributed by atoms with van der Waals surface area (Å²) in [6.45, 7) is 4.56. The van der Waals surface area contributed by atoms with Crippen LogP contribution in [0.15, 0.2) is 48.5 Å². The molecule has 0 saturated carbocycles. The summed E-state index contributed by atoms with van der Waals surface area (Å²) in [4.78, 5) is 23.6. The Morgan fingerprint density at radius 1 is 1.16 bits per heavy atom. The van der Waals surface area contributed by atoms with Gasteiger partial charge in [-0.15, -0.1) is 0 Å². The van der Waals surface area contributed by atoms with Gasteiger partial charge in [0.2, 0.25) is 0 Å². The topological polar surface area (TPSA) is 75.6 Å². The Hall–Kier alpha value is -2.82. The molecule has 5 heteroatoms. The molecule has 0 fully saturated rings. The maximum Gasteiger partial charge on any atom is 0.305 e. The fourth-order valence-corrected chi connectivity index (χ4v) is 2.47. The molecule has 25 heavy (non-hydrogen) atoms. The Morgan fingerprint density at radius 3 is 2.48 bits per heavy atom. The molecule has 2 aromatic carbocycles. The molecule has 2 N–H and O–H groups in total. The van der Waals surface area contributed by atoms with Crippen molar-refractivity contribution in [1.29, 1.82) is 0 Å². The molecule has 0 unspecified atom stereocenters. The second kappa shape index (κ2) is 8.87. The lowest BCUT2D eigenvalue weighted by Gasteiger charge is -2.18. The van der Waals surface area contributed by atoms with E-state index in [0.29, 0.717) is 12.2 Å². The summed E-state index contributed by atoms with van der Waals surface area (Å²) in [7, 11) is 0. The van der Waals surface area contributed by atoms with E-state index in [1.807, 2.05) is 19.9 Å². The van der Waals surface area contributed by atoms with Gasteiger partial charge in [-0.3, -0.25) is 9.59 Å². The van der Waals surface area contributed by atoms with Crippen molar-refractivity contribution >= 4 is 11.9 Å². The Morgan fingerprint density at radius 2 is 1.88 bits per heavy atom. The van der Waals surface area contributed by atoms with E-state index in [4.69, 9.17) is 9.84 Å². The van der Waals surface area contributed by atoms with Crippen molar-refractivity contribution in [3.05, 3.63) is 65.2 Å². The van der Waals surface area contributed by atoms with E-state index < -0.39 is 12.0 Å². The number of aliphatic carboxylic acids is 1. The molecule has 132 valence electrons. The van der Waals surface area contributed by atoms with E-state index in [0.717, 1.165) is 23.3 Å². The van der Waals surface area contributed by atoms with Crippen LogP contribution < -0.4 is 10.1 Å². The molecular formula is C20H23NO4. The highest BCUT2D eigenvalue weighted by Crippen LogP contribution is 2.21. The van der Waals surface area contributed by atoms with Gasteiger partial charge in [0, 0.05) is 5.56 Å². The average Bonchev–Trinajstić information content (AvgIpc) is 2.59. The number of carbonyl (C=O) groups excluding carboxylic acids is 1. The van der Waals surface area contributed by atoms with Gasteiger partial charge in [0.1, 0.15) is 5.75 Å². The number of nitrogens with one attached hydrogen (secondary N) is 1. The smallest absolute Gasteiger partial charge is 0.305 e. The third kappa shape index (κ3) is 5.64. The molecule has 0 aliphatic heterocycles. The Bertz CT molecular complexity index is 725. The molecule has 5 nitrogen and oxygen atoms in total. The summed E-state index contributed by atoms with van der Waals surface area (Å²) in [5.74, 6) is -0.535. The summed E-state index contributed by atoms with van der Waals surface area (Å²) in [5, 5.41) is 12.0. The lowest BCUT2D eigenvalue weighted by Crippen LogP contribution is -2.30. The zero-order valence-electron chi connectivity index (χ0n) is 14.5. The number of carboxylic acid groups (broad SMARTS) is 1. The van der Waals surface area contributed by atoms with Gasteiger partial charge in [0.15, 0.2) is 0 Å². The number of hydrogen-bond acceptors (Lipinski definition) is 3. The van der Waals surface area contributed by atoms with Gasteiger partial charge in [-0.05, 0) is 43.2 Å². The third-order valence-corrected chi connectivity index (χ3v) is 3.72. The van der Waals surface area contributed by atoms with Crippen molar-refractivity contribution in [3.63, 3.8) is 0 Å². The first-order valence-electron chi connectivity index (χ1n) is 8.31. The monoisotopic (exact) mass is 341 g/mol. The van der Waals surface area contributed by atoms with Crippen LogP contribution in [-0.2, 0) is 4.79 Å². The fourth-order valence-electron chi connectivity index (χ4n) is 2.47. The lowest BCUT2D eigenvalue weighted by atomic mass is 10.0. The van der Waals surface area contributed by atoms with Crippen LogP contribution in [0.25, 0.3) is 0 Å². The number of aryl methyl sites for hydroxylation is 1. The zero-order chi connectivity index (χ0) is 18.2. The van der Waals surface area contributed by atoms with E-state index in [9.17, 15) is 9.59 Å². The average molecular weight is 341 g/mol. The molecule has 2 aromatic rings. The number of carbonyl (C=O) groups is 2. The second-order valence-corrected chi connectivity index (χ2v) is 5.91. The fraction of sp³-hybridized carbons (Fsp3) is 0.300. The minimum absolute atomic E-state index is 0.188. The first kappa shape index (κ1) is 18.5. The number of rotatable bonds is 8. The SMILES string of the molecule is CCCOc1ccc([C@H](CC(=O)O)NC(=O)c2cccc(C)c2)cc1. The van der Waals surface area contributed by atoms with Gasteiger partial charge in [-0.1, -0.05) is 36.8 Å². The summed E-state index contributed by atoms with van der Waals surface area (Å²) in [6, 6.07) is 13.7. The summed E-state index contributed by atoms with van der Waals surface area (Å²) < 4.78 is 5.53. The van der Waals surface area contributed by atoms with Crippen LogP contribution in [0.2, 0.25) is 0 Å². The van der Waals surface area contributed by atoms with Crippen molar-refractivity contribution in [3.8, 4) is 5.75 Å². The number of carboxylic acids is 1. The molecule has 2 rings (SSSR count). The van der Waals surface area contributed by atoms with Gasteiger partial charge < -0.3 is 15.2 Å². The quantitative estimate of drug-likeness (QED) is 0.767. The zero-order valence-corrected chi connectivity index (χ0v) is 14.5. The van der Waals surface area contributed by atoms with Crippen LogP contribution in [0.5, 0.6) is 5.75 Å². The molecule has 0 aromatic heterocycles. The number of hydrogen-bond donors (Lipinski definition) is 2. The Balaban J connectivity index is 2.15. The molecule has 0 bridgehead atoms. The minimum Gasteiger partial charge on any atom is -0.494 e. The number of amides is 1. The van der Waals surface area contributed by atoms with Crippen molar-refractivity contribution in [2.75, 3.05) is 6.61 Å². The third-order valence-electron chi connectivity index (χ3n) is 3.72. The molecule has 0 saturated heterocycles. The largest absolute Gasteiger partial charge is 0.494 e. The van der Waals surface area contributed by atoms with E-state index in [1.54, 1.807) is 42.5 Å². The lowest BCUT2D eigenvalue weighted by molar-refractivity contribution is -0.137. The van der Waals surface area contributed by atoms with E-state index in [1.165, 1.54) is 0 Å². The molecule has 0 aliphatic rings. The highest BCUT2D eigenvalue weighted by molar-refractivity contribution is 5.94. The van der Waals surface area contributed by atoms with E-state index in [2.05, 4.69) is 5.32 Å². The van der Waals surface area contributed by atoms with Crippen molar-refractivity contribution in [2.45, 2.75) is 32.7 Å². The standard InChI is InChI=1S/C20H23NO4/c1-3-11-25-17-9-7-15(8-10-17)18(13-19(22)23)21-20(24)16-6-4-5-14(2)12-16/h4-10,12,18H,3,11,13H2,1-2H3,(H,21,24)(H,22,23)/t18-/m0/s1. The first-order valence-corrected chi connectivity index (χ1v) is 8.31. The van der Waals surface area contributed by atoms with Gasteiger partial charge in [-0.2, -0.15) is 0 Å². The normalized spacial score (nSPS) is 11.6. The maximum atomic E-state index is 12.4. The molecule has 0 aliphatic carbocycles. The van der Waals surface area contributed by atoms with Gasteiger partial charge in [-0.25, -0.2) is 0 Å². The van der Waals surface area contributed by atoms with Crippen LogP contribution in [0.3, 0.4) is 0 Å². The summed E-state index contributed by atoms with van der Waals surface area (Å²) in [5.41, 5.74) is 2.21. The van der Waals surface area contributed by atoms with Crippen molar-refractivity contribution in [2.24, 2.45) is 0 Å². The number of ether oxygens (including phenoxy) is 1. The minimum atomic E-state index is -0.971. The second-order valence-electron chi connectivity index (χ2n) is 5.91. The number of benzene rings is 2. The van der Waals surface area contributed by atoms with Gasteiger partial charge in [0.25, 0.3) is 5.91 Å². The summed E-state index contributed by atoms with van der Waals surface area (Å²) in [6.07, 6.45) is 0.725. The van der Waals surface area contributed by atoms with Gasteiger partial charge in [0.05, 0.1) is 19.1 Å². The first-order chi connectivity index (χ1) is 12.0. The molecular weight excluding hydrogens is 318 g/mol. The summed E-state index contributed by atoms with van der Waals surface area (Å²) >= 11 is 0. The van der Waals surface area contributed by atoms with Crippen LogP contribution in [0, 0.1) is 6.92 Å².